The van der Waals surface area contributed by atoms with Gasteiger partial charge < -0.3 is 10.6 Å². The van der Waals surface area contributed by atoms with Gasteiger partial charge in [-0.25, -0.2) is 0 Å². The van der Waals surface area contributed by atoms with Crippen LogP contribution in [0.25, 0.3) is 0 Å². The summed E-state index contributed by atoms with van der Waals surface area (Å²) in [5, 5.41) is 5.77. The van der Waals surface area contributed by atoms with Crippen LogP contribution in [-0.4, -0.2) is 24.9 Å². The van der Waals surface area contributed by atoms with E-state index in [1.165, 1.54) is 0 Å². The number of rotatable bonds is 7. The Hall–Kier alpha value is -2.92. The minimum Gasteiger partial charge on any atom is -0.354 e. The number of halogens is 1. The number of amides is 2. The summed E-state index contributed by atoms with van der Waals surface area (Å²) in [5.74, 6) is -0.654. The Bertz CT molecular complexity index is 890. The summed E-state index contributed by atoms with van der Waals surface area (Å²) in [6, 6.07) is 26.6. The van der Waals surface area contributed by atoms with Gasteiger partial charge >= 0.3 is 0 Å². The highest BCUT2D eigenvalue weighted by Gasteiger charge is 2.22. The molecule has 0 unspecified atom stereocenters. The second kappa shape index (κ2) is 9.85. The summed E-state index contributed by atoms with van der Waals surface area (Å²) < 4.78 is 0.741. The molecule has 3 aromatic carbocycles. The Kier molecular flexibility index (Phi) is 6.98. The van der Waals surface area contributed by atoms with Gasteiger partial charge in [-0.2, -0.15) is 0 Å². The zero-order valence-electron chi connectivity index (χ0n) is 15.3. The van der Waals surface area contributed by atoms with Crippen molar-refractivity contribution >= 4 is 27.7 Å². The molecule has 0 radical (unpaired) electrons. The number of carbonyl (C=O) groups is 2. The van der Waals surface area contributed by atoms with E-state index < -0.39 is 0 Å². The summed E-state index contributed by atoms with van der Waals surface area (Å²) in [6.07, 6.45) is 0. The van der Waals surface area contributed by atoms with Crippen molar-refractivity contribution in [2.75, 3.05) is 13.1 Å². The fourth-order valence-electron chi connectivity index (χ4n) is 2.99. The predicted octanol–water partition coefficient (Wildman–Crippen LogP) is 4.13. The van der Waals surface area contributed by atoms with Crippen LogP contribution >= 0.6 is 15.9 Å². The van der Waals surface area contributed by atoms with Gasteiger partial charge in [0.2, 0.25) is 5.91 Å². The predicted molar refractivity (Wildman–Crippen MR) is 114 cm³/mol. The summed E-state index contributed by atoms with van der Waals surface area (Å²) in [4.78, 5) is 25.1. The van der Waals surface area contributed by atoms with E-state index in [4.69, 9.17) is 0 Å². The fraction of sp³-hybridized carbons (Fsp3) is 0.130. The Morgan fingerprint density at radius 2 is 1.21 bits per heavy atom. The molecule has 0 saturated heterocycles. The first kappa shape index (κ1) is 19.8. The lowest BCUT2D eigenvalue weighted by Crippen LogP contribution is -2.37. The third kappa shape index (κ3) is 5.08. The second-order valence-electron chi connectivity index (χ2n) is 6.28. The first-order valence-electron chi connectivity index (χ1n) is 9.07. The van der Waals surface area contributed by atoms with E-state index in [2.05, 4.69) is 26.6 Å². The first-order valence-corrected chi connectivity index (χ1v) is 9.86. The number of hydrogen-bond donors (Lipinski definition) is 2. The maximum atomic E-state index is 12.9. The monoisotopic (exact) mass is 436 g/mol. The van der Waals surface area contributed by atoms with Gasteiger partial charge in [-0.15, -0.1) is 0 Å². The smallest absolute Gasteiger partial charge is 0.252 e. The molecule has 0 aromatic heterocycles. The summed E-state index contributed by atoms with van der Waals surface area (Å²) in [5.41, 5.74) is 2.44. The number of nitrogens with one attached hydrogen (secondary N) is 2. The lowest BCUT2D eigenvalue weighted by molar-refractivity contribution is -0.121. The third-order valence-corrected chi connectivity index (χ3v) is 5.05. The molecular weight excluding hydrogens is 416 g/mol. The number of benzene rings is 3. The van der Waals surface area contributed by atoms with Crippen LogP contribution in [0.3, 0.4) is 0 Å². The molecule has 142 valence electrons. The molecule has 3 rings (SSSR count). The molecule has 0 spiro atoms. The molecule has 2 N–H and O–H groups in total. The van der Waals surface area contributed by atoms with E-state index in [1.807, 2.05) is 78.9 Å². The fourth-order valence-corrected chi connectivity index (χ4v) is 3.46. The standard InChI is InChI=1S/C23H21BrN2O2/c24-20-14-8-7-13-19(20)22(27)25-15-16-26-23(28)21(17-9-3-1-4-10-17)18-11-5-2-6-12-18/h1-14,21H,15-16H2,(H,25,27)(H,26,28). The molecule has 0 aliphatic rings. The maximum Gasteiger partial charge on any atom is 0.252 e. The van der Waals surface area contributed by atoms with Crippen LogP contribution in [0.1, 0.15) is 27.4 Å². The Morgan fingerprint density at radius 1 is 0.714 bits per heavy atom. The highest BCUT2D eigenvalue weighted by molar-refractivity contribution is 9.10. The van der Waals surface area contributed by atoms with Gasteiger partial charge in [0.05, 0.1) is 11.5 Å². The van der Waals surface area contributed by atoms with Crippen molar-refractivity contribution in [2.24, 2.45) is 0 Å². The third-order valence-electron chi connectivity index (χ3n) is 4.36. The van der Waals surface area contributed by atoms with Gasteiger partial charge in [-0.3, -0.25) is 9.59 Å². The lowest BCUT2D eigenvalue weighted by atomic mass is 9.90. The van der Waals surface area contributed by atoms with Crippen molar-refractivity contribution in [1.82, 2.24) is 10.6 Å². The summed E-state index contributed by atoms with van der Waals surface area (Å²) in [7, 11) is 0. The van der Waals surface area contributed by atoms with Crippen molar-refractivity contribution in [2.45, 2.75) is 5.92 Å². The quantitative estimate of drug-likeness (QED) is 0.547. The van der Waals surface area contributed by atoms with E-state index in [-0.39, 0.29) is 17.7 Å². The minimum atomic E-state index is -0.388. The molecule has 0 heterocycles. The van der Waals surface area contributed by atoms with Gasteiger partial charge in [0.1, 0.15) is 0 Å². The van der Waals surface area contributed by atoms with Gasteiger partial charge in [0, 0.05) is 17.6 Å². The molecular formula is C23H21BrN2O2. The zero-order chi connectivity index (χ0) is 19.8. The van der Waals surface area contributed by atoms with Gasteiger partial charge in [-0.05, 0) is 39.2 Å². The van der Waals surface area contributed by atoms with E-state index in [9.17, 15) is 9.59 Å². The van der Waals surface area contributed by atoms with E-state index >= 15 is 0 Å². The van der Waals surface area contributed by atoms with Crippen LogP contribution in [0.2, 0.25) is 0 Å². The topological polar surface area (TPSA) is 58.2 Å². The highest BCUT2D eigenvalue weighted by atomic mass is 79.9. The highest BCUT2D eigenvalue weighted by Crippen LogP contribution is 2.24. The first-order chi connectivity index (χ1) is 13.7. The van der Waals surface area contributed by atoms with Gasteiger partial charge in [0.25, 0.3) is 5.91 Å². The van der Waals surface area contributed by atoms with Crippen molar-refractivity contribution in [1.29, 1.82) is 0 Å². The van der Waals surface area contributed by atoms with Crippen LogP contribution in [0, 0.1) is 0 Å². The van der Waals surface area contributed by atoms with E-state index in [1.54, 1.807) is 6.07 Å². The molecule has 2 amide bonds. The Labute approximate surface area is 173 Å². The Morgan fingerprint density at radius 3 is 1.79 bits per heavy atom. The van der Waals surface area contributed by atoms with Gasteiger partial charge in [-0.1, -0.05) is 72.8 Å². The average molecular weight is 437 g/mol. The largest absolute Gasteiger partial charge is 0.354 e. The molecule has 0 aliphatic heterocycles. The molecule has 0 aliphatic carbocycles. The van der Waals surface area contributed by atoms with Crippen LogP contribution < -0.4 is 10.6 Å². The van der Waals surface area contributed by atoms with Crippen LogP contribution in [0.4, 0.5) is 0 Å². The molecule has 28 heavy (non-hydrogen) atoms. The normalized spacial score (nSPS) is 10.5. The average Bonchev–Trinajstić information content (AvgIpc) is 2.73. The Balaban J connectivity index is 1.60. The number of hydrogen-bond acceptors (Lipinski definition) is 2. The summed E-state index contributed by atoms with van der Waals surface area (Å²) in [6.45, 7) is 0.702. The zero-order valence-corrected chi connectivity index (χ0v) is 16.9. The molecule has 4 nitrogen and oxygen atoms in total. The van der Waals surface area contributed by atoms with Crippen LogP contribution in [0.5, 0.6) is 0 Å². The number of carbonyl (C=O) groups excluding carboxylic acids is 2. The molecule has 0 atom stereocenters. The molecule has 5 heteroatoms. The van der Waals surface area contributed by atoms with Crippen LogP contribution in [0.15, 0.2) is 89.4 Å². The van der Waals surface area contributed by atoms with Crippen molar-refractivity contribution in [3.05, 3.63) is 106 Å². The minimum absolute atomic E-state index is 0.0902. The van der Waals surface area contributed by atoms with Gasteiger partial charge in [0.15, 0.2) is 0 Å². The maximum absolute atomic E-state index is 12.9. The molecule has 0 fully saturated rings. The molecule has 0 saturated carbocycles. The molecule has 0 bridgehead atoms. The SMILES string of the molecule is O=C(NCCNC(=O)C(c1ccccc1)c1ccccc1)c1ccccc1Br. The van der Waals surface area contributed by atoms with E-state index in [0.717, 1.165) is 15.6 Å². The van der Waals surface area contributed by atoms with Crippen LogP contribution in [-0.2, 0) is 4.79 Å². The van der Waals surface area contributed by atoms with Crippen molar-refractivity contribution < 1.29 is 9.59 Å². The second-order valence-corrected chi connectivity index (χ2v) is 7.14. The van der Waals surface area contributed by atoms with Crippen molar-refractivity contribution in [3.8, 4) is 0 Å². The lowest BCUT2D eigenvalue weighted by Gasteiger charge is -2.18. The van der Waals surface area contributed by atoms with Crippen molar-refractivity contribution in [3.63, 3.8) is 0 Å². The summed E-state index contributed by atoms with van der Waals surface area (Å²) >= 11 is 3.37. The van der Waals surface area contributed by atoms with E-state index in [0.29, 0.717) is 18.7 Å². The molecule has 3 aromatic rings.